The monoisotopic (exact) mass is 310 g/mol. The first-order valence-electron chi connectivity index (χ1n) is 7.17. The molecule has 1 aromatic heterocycles. The van der Waals surface area contributed by atoms with Gasteiger partial charge in [0.2, 0.25) is 5.91 Å². The quantitative estimate of drug-likeness (QED) is 0.697. The maximum atomic E-state index is 12.0. The Kier molecular flexibility index (Phi) is 4.14. The molecule has 114 valence electrons. The molecule has 1 unspecified atom stereocenters. The van der Waals surface area contributed by atoms with Crippen molar-refractivity contribution in [1.29, 1.82) is 0 Å². The van der Waals surface area contributed by atoms with E-state index in [1.807, 2.05) is 4.57 Å². The maximum Gasteiger partial charge on any atom is 0.305 e. The lowest BCUT2D eigenvalue weighted by atomic mass is 10.1. The number of carbonyl (C=O) groups is 2. The number of aromatic nitrogens is 3. The first kappa shape index (κ1) is 14.4. The van der Waals surface area contributed by atoms with Crippen LogP contribution in [0.15, 0.2) is 11.5 Å². The third kappa shape index (κ3) is 3.96. The molecular formula is C13H18N4O3S. The standard InChI is InChI=1S/C13H18N4O3S/c18-11(15-10(5-12(19)20)8-1-2-8)6-21-13-16-14-7-17(13)9-3-4-9/h7-10H,1-6H2,(H,15,18)(H,19,20). The SMILES string of the molecule is O=C(O)CC(NC(=O)CSc1nncn1C1CC1)C1CC1. The number of carboxylic acid groups (broad SMARTS) is 1. The molecule has 3 rings (SSSR count). The minimum absolute atomic E-state index is 0.000665. The number of nitrogens with zero attached hydrogens (tertiary/aromatic N) is 3. The highest BCUT2D eigenvalue weighted by atomic mass is 32.2. The van der Waals surface area contributed by atoms with Crippen LogP contribution < -0.4 is 5.32 Å². The summed E-state index contributed by atoms with van der Waals surface area (Å²) in [6, 6.07) is 0.244. The topological polar surface area (TPSA) is 97.1 Å². The molecule has 1 heterocycles. The molecule has 2 aliphatic carbocycles. The lowest BCUT2D eigenvalue weighted by Crippen LogP contribution is -2.39. The third-order valence-corrected chi connectivity index (χ3v) is 4.70. The highest BCUT2D eigenvalue weighted by molar-refractivity contribution is 7.99. The van der Waals surface area contributed by atoms with Crippen LogP contribution in [0.5, 0.6) is 0 Å². The molecule has 1 amide bonds. The van der Waals surface area contributed by atoms with Gasteiger partial charge in [-0.05, 0) is 31.6 Å². The van der Waals surface area contributed by atoms with Gasteiger partial charge in [0, 0.05) is 12.1 Å². The summed E-state index contributed by atoms with van der Waals surface area (Å²) >= 11 is 1.35. The number of carbonyl (C=O) groups excluding carboxylic acids is 1. The second kappa shape index (κ2) is 6.05. The van der Waals surface area contributed by atoms with Crippen molar-refractivity contribution in [3.8, 4) is 0 Å². The predicted octanol–water partition coefficient (Wildman–Crippen LogP) is 1.07. The second-order valence-corrected chi connectivity index (χ2v) is 6.59. The average Bonchev–Trinajstić information content (AvgIpc) is 3.33. The van der Waals surface area contributed by atoms with Crippen molar-refractivity contribution < 1.29 is 14.7 Å². The van der Waals surface area contributed by atoms with Gasteiger partial charge in [-0.1, -0.05) is 11.8 Å². The minimum atomic E-state index is -0.867. The Balaban J connectivity index is 1.49. The van der Waals surface area contributed by atoms with Gasteiger partial charge in [-0.25, -0.2) is 0 Å². The Morgan fingerprint density at radius 1 is 1.43 bits per heavy atom. The van der Waals surface area contributed by atoms with E-state index in [-0.39, 0.29) is 24.1 Å². The summed E-state index contributed by atoms with van der Waals surface area (Å²) in [5, 5.41) is 20.4. The van der Waals surface area contributed by atoms with Gasteiger partial charge in [0.15, 0.2) is 5.16 Å². The van der Waals surface area contributed by atoms with E-state index >= 15 is 0 Å². The van der Waals surface area contributed by atoms with Gasteiger partial charge in [-0.2, -0.15) is 0 Å². The average molecular weight is 310 g/mol. The van der Waals surface area contributed by atoms with Crippen molar-refractivity contribution >= 4 is 23.6 Å². The lowest BCUT2D eigenvalue weighted by Gasteiger charge is -2.15. The van der Waals surface area contributed by atoms with E-state index in [2.05, 4.69) is 15.5 Å². The first-order chi connectivity index (χ1) is 10.1. The molecule has 1 aromatic rings. The van der Waals surface area contributed by atoms with Crippen LogP contribution in [-0.2, 0) is 9.59 Å². The van der Waals surface area contributed by atoms with Crippen LogP contribution in [0.1, 0.15) is 38.1 Å². The van der Waals surface area contributed by atoms with E-state index in [4.69, 9.17) is 5.11 Å². The molecule has 21 heavy (non-hydrogen) atoms. The molecule has 0 saturated heterocycles. The van der Waals surface area contributed by atoms with Gasteiger partial charge in [0.1, 0.15) is 6.33 Å². The molecular weight excluding hydrogens is 292 g/mol. The number of rotatable bonds is 8. The fraction of sp³-hybridized carbons (Fsp3) is 0.692. The molecule has 2 N–H and O–H groups in total. The van der Waals surface area contributed by atoms with Crippen LogP contribution in [0.25, 0.3) is 0 Å². The first-order valence-corrected chi connectivity index (χ1v) is 8.15. The fourth-order valence-corrected chi connectivity index (χ4v) is 3.13. The normalized spacial score (nSPS) is 19.2. The van der Waals surface area contributed by atoms with E-state index in [0.717, 1.165) is 30.8 Å². The van der Waals surface area contributed by atoms with Crippen molar-refractivity contribution in [3.05, 3.63) is 6.33 Å². The molecule has 2 fully saturated rings. The van der Waals surface area contributed by atoms with Crippen LogP contribution in [0.2, 0.25) is 0 Å². The zero-order valence-electron chi connectivity index (χ0n) is 11.6. The summed E-state index contributed by atoms with van der Waals surface area (Å²) < 4.78 is 2.01. The number of hydrogen-bond donors (Lipinski definition) is 2. The van der Waals surface area contributed by atoms with Gasteiger partial charge >= 0.3 is 5.97 Å². The summed E-state index contributed by atoms with van der Waals surface area (Å²) in [6.45, 7) is 0. The highest BCUT2D eigenvalue weighted by Gasteiger charge is 2.33. The van der Waals surface area contributed by atoms with E-state index in [1.165, 1.54) is 11.8 Å². The van der Waals surface area contributed by atoms with E-state index in [9.17, 15) is 9.59 Å². The molecule has 0 aromatic carbocycles. The van der Waals surface area contributed by atoms with Gasteiger partial charge in [-0.15, -0.1) is 10.2 Å². The zero-order valence-corrected chi connectivity index (χ0v) is 12.4. The maximum absolute atomic E-state index is 12.0. The largest absolute Gasteiger partial charge is 0.481 e. The number of carboxylic acids is 1. The summed E-state index contributed by atoms with van der Waals surface area (Å²) in [4.78, 5) is 22.8. The van der Waals surface area contributed by atoms with E-state index in [1.54, 1.807) is 6.33 Å². The number of nitrogens with one attached hydrogen (secondary N) is 1. The molecule has 0 aliphatic heterocycles. The minimum Gasteiger partial charge on any atom is -0.481 e. The summed E-state index contributed by atoms with van der Waals surface area (Å²) in [6.07, 6.45) is 5.98. The van der Waals surface area contributed by atoms with Crippen LogP contribution in [0.4, 0.5) is 0 Å². The van der Waals surface area contributed by atoms with Gasteiger partial charge in [-0.3, -0.25) is 9.59 Å². The number of thioether (sulfide) groups is 1. The molecule has 0 spiro atoms. The van der Waals surface area contributed by atoms with Crippen molar-refractivity contribution in [2.45, 2.75) is 49.3 Å². The molecule has 2 saturated carbocycles. The van der Waals surface area contributed by atoms with Crippen LogP contribution in [0, 0.1) is 5.92 Å². The van der Waals surface area contributed by atoms with Crippen molar-refractivity contribution in [2.75, 3.05) is 5.75 Å². The van der Waals surface area contributed by atoms with Crippen molar-refractivity contribution in [1.82, 2.24) is 20.1 Å². The third-order valence-electron chi connectivity index (χ3n) is 3.74. The van der Waals surface area contributed by atoms with Gasteiger partial charge in [0.25, 0.3) is 0 Å². The Hall–Kier alpha value is -1.57. The van der Waals surface area contributed by atoms with Gasteiger partial charge in [0.05, 0.1) is 12.2 Å². The Morgan fingerprint density at radius 2 is 2.19 bits per heavy atom. The van der Waals surface area contributed by atoms with Gasteiger partial charge < -0.3 is 15.0 Å². The fourth-order valence-electron chi connectivity index (χ4n) is 2.34. The number of amides is 1. The Bertz CT molecular complexity index is 539. The molecule has 8 heteroatoms. The predicted molar refractivity (Wildman–Crippen MR) is 75.9 cm³/mol. The number of hydrogen-bond acceptors (Lipinski definition) is 5. The smallest absolute Gasteiger partial charge is 0.305 e. The summed E-state index contributed by atoms with van der Waals surface area (Å²) in [5.41, 5.74) is 0. The Labute approximate surface area is 126 Å². The zero-order chi connectivity index (χ0) is 14.8. The lowest BCUT2D eigenvalue weighted by molar-refractivity contribution is -0.137. The van der Waals surface area contributed by atoms with Crippen molar-refractivity contribution in [2.24, 2.45) is 5.92 Å². The molecule has 0 radical (unpaired) electrons. The molecule has 1 atom stereocenters. The number of aliphatic carboxylic acids is 1. The van der Waals surface area contributed by atoms with Crippen molar-refractivity contribution in [3.63, 3.8) is 0 Å². The van der Waals surface area contributed by atoms with Crippen LogP contribution >= 0.6 is 11.8 Å². The highest BCUT2D eigenvalue weighted by Crippen LogP contribution is 2.37. The Morgan fingerprint density at radius 3 is 2.81 bits per heavy atom. The molecule has 2 aliphatic rings. The van der Waals surface area contributed by atoms with Crippen LogP contribution in [0.3, 0.4) is 0 Å². The second-order valence-electron chi connectivity index (χ2n) is 5.65. The van der Waals surface area contributed by atoms with E-state index < -0.39 is 5.97 Å². The molecule has 0 bridgehead atoms. The summed E-state index contributed by atoms with van der Waals surface area (Å²) in [7, 11) is 0. The molecule has 7 nitrogen and oxygen atoms in total. The van der Waals surface area contributed by atoms with Crippen LogP contribution in [-0.4, -0.2) is 43.5 Å². The van der Waals surface area contributed by atoms with E-state index in [0.29, 0.717) is 12.0 Å². The summed E-state index contributed by atoms with van der Waals surface area (Å²) in [5.74, 6) is -0.434.